The van der Waals surface area contributed by atoms with Crippen LogP contribution in [-0.4, -0.2) is 118 Å². The summed E-state index contributed by atoms with van der Waals surface area (Å²) in [5.41, 5.74) is 7.66. The number of aliphatic carboxylic acids is 2. The topological polar surface area (TPSA) is 256 Å². The van der Waals surface area contributed by atoms with E-state index in [9.17, 15) is 38.7 Å². The molecule has 17 nitrogen and oxygen atoms in total. The molecule has 5 amide bonds. The van der Waals surface area contributed by atoms with Gasteiger partial charge in [0, 0.05) is 13.0 Å². The fourth-order valence-electron chi connectivity index (χ4n) is 10.2. The number of rotatable bonds is 20. The fraction of sp³-hybridized carbons (Fsp3) is 0.723. The number of hydrogen-bond acceptors (Lipinski definition) is 10. The summed E-state index contributed by atoms with van der Waals surface area (Å²) in [4.78, 5) is 93.1. The highest BCUT2D eigenvalue weighted by molar-refractivity contribution is 6.48. The number of nitrogens with one attached hydrogen (secondary N) is 4. The highest BCUT2D eigenvalue weighted by Crippen LogP contribution is 2.65. The van der Waals surface area contributed by atoms with Gasteiger partial charge in [-0.2, -0.15) is 0 Å². The molecule has 10 atom stereocenters. The normalized spacial score (nSPS) is 25.7. The summed E-state index contributed by atoms with van der Waals surface area (Å²) in [5, 5.41) is 29.3. The number of likely N-dealkylation sites (tertiary alicyclic amines) is 1. The number of carboxylic acid groups (broad SMARTS) is 2. The SMILES string of the molecule is CC(C)[C@H](NC(=O)[C@H](CCC(=O)O)NC(=O)[C@@H](N)CC(=O)O)C(=O)N[C@H](C(=O)N1CCC[C@H]1C(=O)N[C@@H](CCc1ccc(C(C)(C)C)cc1)B1O[C@H]2C[C@@H]3C[C@@H](C3(C)C)[C@@]2(C)O1)C(C)C. The van der Waals surface area contributed by atoms with Crippen molar-refractivity contribution < 1.29 is 53.1 Å². The average Bonchev–Trinajstić information content (AvgIpc) is 3.85. The van der Waals surface area contributed by atoms with Crippen LogP contribution in [0.25, 0.3) is 0 Å². The molecule has 6 rings (SSSR count). The highest BCUT2D eigenvalue weighted by Gasteiger charge is 2.68. The van der Waals surface area contributed by atoms with Gasteiger partial charge >= 0.3 is 19.1 Å². The van der Waals surface area contributed by atoms with Gasteiger partial charge in [-0.3, -0.25) is 33.6 Å². The van der Waals surface area contributed by atoms with Gasteiger partial charge in [-0.25, -0.2) is 0 Å². The van der Waals surface area contributed by atoms with Crippen molar-refractivity contribution in [2.45, 2.75) is 180 Å². The van der Waals surface area contributed by atoms with Crippen molar-refractivity contribution in [3.05, 3.63) is 35.4 Å². The number of carbonyl (C=O) groups excluding carboxylic acids is 5. The summed E-state index contributed by atoms with van der Waals surface area (Å²) >= 11 is 0. The molecule has 65 heavy (non-hydrogen) atoms. The molecule has 1 aromatic carbocycles. The Balaban J connectivity index is 1.30. The van der Waals surface area contributed by atoms with Crippen LogP contribution in [0.2, 0.25) is 0 Å². The van der Waals surface area contributed by atoms with E-state index in [0.29, 0.717) is 37.5 Å². The lowest BCUT2D eigenvalue weighted by Crippen LogP contribution is -2.65. The van der Waals surface area contributed by atoms with Crippen LogP contribution in [0, 0.1) is 29.1 Å². The lowest BCUT2D eigenvalue weighted by molar-refractivity contribution is -0.199. The minimum absolute atomic E-state index is 0.00526. The van der Waals surface area contributed by atoms with Gasteiger partial charge in [-0.15, -0.1) is 0 Å². The van der Waals surface area contributed by atoms with Crippen LogP contribution in [0.15, 0.2) is 24.3 Å². The van der Waals surface area contributed by atoms with E-state index in [1.165, 1.54) is 10.5 Å². The zero-order chi connectivity index (χ0) is 48.3. The van der Waals surface area contributed by atoms with E-state index < -0.39 is 109 Å². The first-order valence-corrected chi connectivity index (χ1v) is 23.4. The van der Waals surface area contributed by atoms with Crippen molar-refractivity contribution in [1.29, 1.82) is 0 Å². The Morgan fingerprint density at radius 1 is 0.846 bits per heavy atom. The monoisotopic (exact) mass is 909 g/mol. The Labute approximate surface area is 384 Å². The Bertz CT molecular complexity index is 1940. The highest BCUT2D eigenvalue weighted by atomic mass is 16.7. The maximum Gasteiger partial charge on any atom is 0.481 e. The van der Waals surface area contributed by atoms with Gasteiger partial charge in [0.15, 0.2) is 0 Å². The third-order valence-electron chi connectivity index (χ3n) is 14.5. The number of hydrogen-bond donors (Lipinski definition) is 7. The first kappa shape index (κ1) is 51.4. The molecule has 8 N–H and O–H groups in total. The number of amides is 5. The minimum Gasteiger partial charge on any atom is -0.481 e. The van der Waals surface area contributed by atoms with Crippen LogP contribution in [0.3, 0.4) is 0 Å². The Morgan fingerprint density at radius 3 is 2.05 bits per heavy atom. The van der Waals surface area contributed by atoms with E-state index in [4.69, 9.17) is 20.1 Å². The van der Waals surface area contributed by atoms with E-state index >= 15 is 0 Å². The average molecular weight is 909 g/mol. The van der Waals surface area contributed by atoms with Crippen molar-refractivity contribution in [3.8, 4) is 0 Å². The smallest absolute Gasteiger partial charge is 0.481 e. The van der Waals surface area contributed by atoms with Gasteiger partial charge in [-0.05, 0) is 97.5 Å². The van der Waals surface area contributed by atoms with Crippen LogP contribution < -0.4 is 27.0 Å². The second-order valence-corrected chi connectivity index (χ2v) is 21.3. The zero-order valence-electron chi connectivity index (χ0n) is 39.9. The van der Waals surface area contributed by atoms with Crippen molar-refractivity contribution in [2.75, 3.05) is 6.54 Å². The summed E-state index contributed by atoms with van der Waals surface area (Å²) in [5.74, 6) is -6.56. The van der Waals surface area contributed by atoms with E-state index in [2.05, 4.69) is 87.1 Å². The van der Waals surface area contributed by atoms with Crippen molar-refractivity contribution >= 4 is 48.6 Å². The molecule has 2 heterocycles. The predicted molar refractivity (Wildman–Crippen MR) is 243 cm³/mol. The summed E-state index contributed by atoms with van der Waals surface area (Å²) in [6.07, 6.45) is 2.44. The molecule has 2 aliphatic heterocycles. The van der Waals surface area contributed by atoms with E-state index in [-0.39, 0.29) is 35.8 Å². The molecule has 2 bridgehead atoms. The quantitative estimate of drug-likeness (QED) is 0.0933. The first-order valence-electron chi connectivity index (χ1n) is 23.4. The van der Waals surface area contributed by atoms with Crippen LogP contribution in [-0.2, 0) is 54.7 Å². The Morgan fingerprint density at radius 2 is 1.48 bits per heavy atom. The predicted octanol–water partition coefficient (Wildman–Crippen LogP) is 3.09. The molecular formula is C47H73BN6O11. The summed E-state index contributed by atoms with van der Waals surface area (Å²) in [6.45, 7) is 20.4. The maximum absolute atomic E-state index is 14.5. The van der Waals surface area contributed by atoms with Crippen LogP contribution >= 0.6 is 0 Å². The van der Waals surface area contributed by atoms with Gasteiger partial charge in [0.1, 0.15) is 24.2 Å². The van der Waals surface area contributed by atoms with Gasteiger partial charge < -0.3 is 51.4 Å². The zero-order valence-corrected chi connectivity index (χ0v) is 39.9. The number of nitrogens with zero attached hydrogens (tertiary/aromatic N) is 1. The number of carbonyl (C=O) groups is 7. The van der Waals surface area contributed by atoms with E-state index in [1.807, 2.05) is 0 Å². The maximum atomic E-state index is 14.5. The number of benzene rings is 1. The molecule has 3 saturated carbocycles. The molecule has 5 fully saturated rings. The Kier molecular flexibility index (Phi) is 16.3. The third-order valence-corrected chi connectivity index (χ3v) is 14.5. The standard InChI is InChI=1S/C47H73BN6O11/c1-25(2)38(52-41(60)31(18-20-36(55)56)50-40(59)30(49)24-37(57)58)43(62)53-39(26(3)4)44(63)54-21-11-12-32(54)42(61)51-35(19-15-27-13-16-28(17-14-27)45(5,6)7)48-64-34-23-29-22-33(46(29,8)9)47(34,10)65-48/h13-14,16-17,25-26,29-35,38-39H,11-12,15,18-24,49H2,1-10H3,(H,50,59)(H,51,61)(H,52,60)(H,53,62)(H,55,56)(H,57,58)/t29-,30-,31-,32-,33-,34-,35-,38-,39-,47+/m0/s1. The molecule has 0 spiro atoms. The summed E-state index contributed by atoms with van der Waals surface area (Å²) < 4.78 is 13.6. The second kappa shape index (κ2) is 20.5. The molecule has 2 saturated heterocycles. The molecular weight excluding hydrogens is 835 g/mol. The van der Waals surface area contributed by atoms with Crippen molar-refractivity contribution in [1.82, 2.24) is 26.2 Å². The second-order valence-electron chi connectivity index (χ2n) is 21.3. The minimum atomic E-state index is -1.51. The van der Waals surface area contributed by atoms with E-state index in [1.54, 1.807) is 27.7 Å². The molecule has 0 radical (unpaired) electrons. The van der Waals surface area contributed by atoms with Gasteiger partial charge in [-0.1, -0.05) is 86.6 Å². The lowest BCUT2D eigenvalue weighted by atomic mass is 9.43. The summed E-state index contributed by atoms with van der Waals surface area (Å²) in [6, 6.07) is 2.41. The third kappa shape index (κ3) is 11.9. The number of nitrogens with two attached hydrogens (primary N) is 1. The van der Waals surface area contributed by atoms with Gasteiger partial charge in [0.05, 0.1) is 30.1 Å². The van der Waals surface area contributed by atoms with Gasteiger partial charge in [0.2, 0.25) is 29.5 Å². The van der Waals surface area contributed by atoms with Gasteiger partial charge in [0.25, 0.3) is 0 Å². The van der Waals surface area contributed by atoms with E-state index in [0.717, 1.165) is 18.4 Å². The number of aryl methyl sites for hydroxylation is 1. The number of carboxylic acids is 2. The van der Waals surface area contributed by atoms with Crippen molar-refractivity contribution in [3.63, 3.8) is 0 Å². The molecule has 5 aliphatic rings. The fourth-order valence-corrected chi connectivity index (χ4v) is 10.2. The molecule has 0 aromatic heterocycles. The lowest BCUT2D eigenvalue weighted by Gasteiger charge is -2.64. The molecule has 360 valence electrons. The first-order chi connectivity index (χ1) is 30.2. The molecule has 3 aliphatic carbocycles. The summed E-state index contributed by atoms with van der Waals surface area (Å²) in [7, 11) is -0.687. The largest absolute Gasteiger partial charge is 0.481 e. The molecule has 0 unspecified atom stereocenters. The molecule has 1 aromatic rings. The molecule has 18 heteroatoms. The van der Waals surface area contributed by atoms with Crippen LogP contribution in [0.1, 0.15) is 132 Å². The van der Waals surface area contributed by atoms with Crippen molar-refractivity contribution in [2.24, 2.45) is 34.8 Å². The Hall–Kier alpha value is -4.55. The van der Waals surface area contributed by atoms with Crippen LogP contribution in [0.5, 0.6) is 0 Å². The van der Waals surface area contributed by atoms with Crippen LogP contribution in [0.4, 0.5) is 0 Å².